The molecule has 41 heavy (non-hydrogen) atoms. The molecule has 0 aliphatic rings. The van der Waals surface area contributed by atoms with Gasteiger partial charge in [-0.15, -0.1) is 0 Å². The zero-order chi connectivity index (χ0) is 28.7. The monoisotopic (exact) mass is 636 g/mol. The first-order chi connectivity index (χ1) is 19.3. The first-order valence-corrected chi connectivity index (χ1v) is 12.4. The molecule has 0 bridgehead atoms. The first-order valence-electron chi connectivity index (χ1n) is 12.4. The molecule has 0 unspecified atom stereocenters. The fourth-order valence-electron chi connectivity index (χ4n) is 3.79. The van der Waals surface area contributed by atoms with Crippen molar-refractivity contribution in [3.05, 3.63) is 155 Å². The Kier molecular flexibility index (Phi) is 13.6. The van der Waals surface area contributed by atoms with Crippen LogP contribution in [0.2, 0.25) is 0 Å². The van der Waals surface area contributed by atoms with Crippen LogP contribution in [0.25, 0.3) is 12.2 Å². The van der Waals surface area contributed by atoms with E-state index in [1.807, 2.05) is 121 Å². The summed E-state index contributed by atoms with van der Waals surface area (Å²) in [6.07, 6.45) is 3.71. The van der Waals surface area contributed by atoms with Crippen molar-refractivity contribution >= 4 is 35.7 Å². The van der Waals surface area contributed by atoms with Crippen molar-refractivity contribution < 1.29 is 49.8 Å². The Morgan fingerprint density at radius 2 is 0.732 bits per heavy atom. The third-order valence-electron chi connectivity index (χ3n) is 5.71. The van der Waals surface area contributed by atoms with E-state index in [1.54, 1.807) is 12.2 Å². The summed E-state index contributed by atoms with van der Waals surface area (Å²) in [6, 6.07) is 36.8. The zero-order valence-electron chi connectivity index (χ0n) is 21.9. The molecule has 0 saturated carbocycles. The van der Waals surface area contributed by atoms with Gasteiger partial charge in [0.05, 0.1) is 0 Å². The summed E-state index contributed by atoms with van der Waals surface area (Å²) in [7, 11) is 0. The summed E-state index contributed by atoms with van der Waals surface area (Å²) in [4.78, 5) is 45.1. The predicted molar refractivity (Wildman–Crippen MR) is 149 cm³/mol. The Hall–Kier alpha value is -4.70. The maximum atomic E-state index is 11.7. The molecule has 0 aliphatic heterocycles. The Bertz CT molecular complexity index is 1380. The molecule has 0 aromatic heterocycles. The molecule has 0 N–H and O–H groups in total. The van der Waals surface area contributed by atoms with Gasteiger partial charge < -0.3 is 19.8 Å². The number of ketones is 2. The summed E-state index contributed by atoms with van der Waals surface area (Å²) < 4.78 is 0. The number of carbonyl (C=O) groups is 4. The standard InChI is InChI=1S/2C17H14O3.Pd/c2*18-16(17(19)20)15(11-13-7-3-1-4-8-13)12-14-9-5-2-6-10-14;/h2*1-11H,12H2,(H,19,20);/q;;+2/p-2. The van der Waals surface area contributed by atoms with Crippen molar-refractivity contribution in [3.8, 4) is 0 Å². The van der Waals surface area contributed by atoms with Gasteiger partial charge in [0.15, 0.2) is 0 Å². The topological polar surface area (TPSA) is 114 Å². The molecule has 0 amide bonds. The van der Waals surface area contributed by atoms with E-state index in [0.29, 0.717) is 0 Å². The predicted octanol–water partition coefficient (Wildman–Crippen LogP) is 3.26. The van der Waals surface area contributed by atoms with E-state index in [9.17, 15) is 29.4 Å². The summed E-state index contributed by atoms with van der Waals surface area (Å²) in [5.74, 6) is -5.30. The Labute approximate surface area is 252 Å². The number of carboxylic acid groups (broad SMARTS) is 2. The minimum atomic E-state index is -1.68. The molecular weight excluding hydrogens is 611 g/mol. The minimum absolute atomic E-state index is 0. The van der Waals surface area contributed by atoms with E-state index in [-0.39, 0.29) is 44.4 Å². The summed E-state index contributed by atoms with van der Waals surface area (Å²) >= 11 is 0. The van der Waals surface area contributed by atoms with Gasteiger partial charge >= 0.3 is 20.4 Å². The normalized spacial score (nSPS) is 10.8. The fraction of sp³-hybridized carbons (Fsp3) is 0.0588. The van der Waals surface area contributed by atoms with Crippen molar-refractivity contribution in [2.24, 2.45) is 0 Å². The quantitative estimate of drug-likeness (QED) is 0.150. The number of carbonyl (C=O) groups excluding carboxylic acids is 4. The van der Waals surface area contributed by atoms with Crippen molar-refractivity contribution in [2.45, 2.75) is 12.8 Å². The van der Waals surface area contributed by atoms with Crippen molar-refractivity contribution in [2.75, 3.05) is 0 Å². The average Bonchev–Trinajstić information content (AvgIpc) is 2.98. The maximum absolute atomic E-state index is 11.7. The number of aliphatic carboxylic acids is 2. The molecule has 0 radical (unpaired) electrons. The van der Waals surface area contributed by atoms with Gasteiger partial charge in [-0.1, -0.05) is 121 Å². The second kappa shape index (κ2) is 17.1. The van der Waals surface area contributed by atoms with Crippen LogP contribution >= 0.6 is 0 Å². The summed E-state index contributed by atoms with van der Waals surface area (Å²) in [5, 5.41) is 21.6. The van der Waals surface area contributed by atoms with Crippen LogP contribution in [0.4, 0.5) is 0 Å². The first kappa shape index (κ1) is 32.5. The second-order valence-corrected chi connectivity index (χ2v) is 8.72. The summed E-state index contributed by atoms with van der Waals surface area (Å²) in [6.45, 7) is 0. The number of hydrogen-bond acceptors (Lipinski definition) is 6. The summed E-state index contributed by atoms with van der Waals surface area (Å²) in [5.41, 5.74) is 3.75. The molecule has 4 aromatic carbocycles. The molecule has 0 aliphatic carbocycles. The third-order valence-corrected chi connectivity index (χ3v) is 5.71. The van der Waals surface area contributed by atoms with Gasteiger partial charge in [0.25, 0.3) is 0 Å². The van der Waals surface area contributed by atoms with Crippen molar-refractivity contribution in [1.29, 1.82) is 0 Å². The smallest absolute Gasteiger partial charge is 0.541 e. The van der Waals surface area contributed by atoms with Crippen LogP contribution < -0.4 is 10.2 Å². The number of carboxylic acids is 2. The molecule has 4 aromatic rings. The van der Waals surface area contributed by atoms with E-state index in [2.05, 4.69) is 0 Å². The Balaban J connectivity index is 0.000000280. The molecule has 208 valence electrons. The number of benzene rings is 4. The van der Waals surface area contributed by atoms with Gasteiger partial charge in [-0.25, -0.2) is 0 Å². The van der Waals surface area contributed by atoms with Gasteiger partial charge in [-0.2, -0.15) is 0 Å². The molecule has 0 spiro atoms. The molecular formula is C34H26O6Pd. The molecule has 0 fully saturated rings. The van der Waals surface area contributed by atoms with Crippen molar-refractivity contribution in [3.63, 3.8) is 0 Å². The van der Waals surface area contributed by atoms with Gasteiger partial charge in [-0.05, 0) is 34.4 Å². The fourth-order valence-corrected chi connectivity index (χ4v) is 3.79. The molecule has 0 heterocycles. The van der Waals surface area contributed by atoms with E-state index >= 15 is 0 Å². The second-order valence-electron chi connectivity index (χ2n) is 8.72. The van der Waals surface area contributed by atoms with Crippen LogP contribution in [0.5, 0.6) is 0 Å². The molecule has 7 heteroatoms. The molecule has 0 atom stereocenters. The molecule has 4 rings (SSSR count). The van der Waals surface area contributed by atoms with Crippen LogP contribution in [0.3, 0.4) is 0 Å². The van der Waals surface area contributed by atoms with Crippen LogP contribution in [-0.2, 0) is 52.4 Å². The van der Waals surface area contributed by atoms with Crippen molar-refractivity contribution in [1.82, 2.24) is 0 Å². The largest absolute Gasteiger partial charge is 2.00 e. The van der Waals surface area contributed by atoms with Gasteiger partial charge in [-0.3, -0.25) is 9.59 Å². The number of Topliss-reactive ketones (excluding diaryl/α,β-unsaturated/α-hetero) is 2. The van der Waals surface area contributed by atoms with E-state index in [1.165, 1.54) is 0 Å². The zero-order valence-corrected chi connectivity index (χ0v) is 23.4. The van der Waals surface area contributed by atoms with Crippen LogP contribution in [0, 0.1) is 0 Å². The Morgan fingerprint density at radius 3 is 1.00 bits per heavy atom. The van der Waals surface area contributed by atoms with Crippen LogP contribution in [0.15, 0.2) is 132 Å². The van der Waals surface area contributed by atoms with Gasteiger partial charge in [0.1, 0.15) is 11.9 Å². The Morgan fingerprint density at radius 1 is 0.463 bits per heavy atom. The van der Waals surface area contributed by atoms with Gasteiger partial charge in [0.2, 0.25) is 11.6 Å². The van der Waals surface area contributed by atoms with Crippen LogP contribution in [-0.4, -0.2) is 23.5 Å². The third kappa shape index (κ3) is 11.1. The average molecular weight is 637 g/mol. The number of rotatable bonds is 10. The SMILES string of the molecule is O=C([O-])C(=O)C(=Cc1ccccc1)Cc1ccccc1.O=C([O-])C(=O)C(=Cc1ccccc1)Cc1ccccc1.[Pd+2]. The minimum Gasteiger partial charge on any atom is -0.541 e. The molecule has 0 saturated heterocycles. The van der Waals surface area contributed by atoms with E-state index in [0.717, 1.165) is 22.3 Å². The van der Waals surface area contributed by atoms with Crippen LogP contribution in [0.1, 0.15) is 22.3 Å². The van der Waals surface area contributed by atoms with E-state index in [4.69, 9.17) is 0 Å². The van der Waals surface area contributed by atoms with E-state index < -0.39 is 23.5 Å². The maximum Gasteiger partial charge on any atom is 2.00 e. The molecule has 6 nitrogen and oxygen atoms in total. The number of hydrogen-bond donors (Lipinski definition) is 0. The van der Waals surface area contributed by atoms with Gasteiger partial charge in [0, 0.05) is 24.0 Å².